The summed E-state index contributed by atoms with van der Waals surface area (Å²) in [6, 6.07) is 3.53. The van der Waals surface area contributed by atoms with Crippen molar-refractivity contribution in [3.8, 4) is 0 Å². The summed E-state index contributed by atoms with van der Waals surface area (Å²) in [5.74, 6) is 1.13. The molecule has 1 aliphatic carbocycles. The first-order chi connectivity index (χ1) is 8.49. The van der Waals surface area contributed by atoms with Gasteiger partial charge in [0.05, 0.1) is 6.54 Å². The zero-order valence-corrected chi connectivity index (χ0v) is 10.8. The lowest BCUT2D eigenvalue weighted by atomic mass is 10.0. The van der Waals surface area contributed by atoms with Crippen molar-refractivity contribution in [1.29, 1.82) is 0 Å². The van der Waals surface area contributed by atoms with E-state index in [1.54, 1.807) is 19.1 Å². The van der Waals surface area contributed by atoms with E-state index in [1.807, 2.05) is 13.0 Å². The van der Waals surface area contributed by atoms with Gasteiger partial charge in [0.1, 0.15) is 17.1 Å². The number of nitrogens with one attached hydrogen (secondary N) is 1. The van der Waals surface area contributed by atoms with Crippen molar-refractivity contribution in [3.05, 3.63) is 35.3 Å². The molecule has 0 spiro atoms. The van der Waals surface area contributed by atoms with Gasteiger partial charge in [0, 0.05) is 5.57 Å². The van der Waals surface area contributed by atoms with Crippen molar-refractivity contribution >= 4 is 5.91 Å². The van der Waals surface area contributed by atoms with Gasteiger partial charge in [-0.3, -0.25) is 4.79 Å². The molecule has 4 nitrogen and oxygen atoms in total. The number of amides is 1. The Morgan fingerprint density at radius 3 is 2.89 bits per heavy atom. The van der Waals surface area contributed by atoms with Crippen molar-refractivity contribution in [2.75, 3.05) is 6.54 Å². The number of hydrogen-bond acceptors (Lipinski definition) is 3. The maximum Gasteiger partial charge on any atom is 0.246 e. The van der Waals surface area contributed by atoms with Crippen molar-refractivity contribution in [2.45, 2.75) is 38.7 Å². The Balaban J connectivity index is 1.94. The van der Waals surface area contributed by atoms with Gasteiger partial charge in [0.25, 0.3) is 0 Å². The Bertz CT molecular complexity index is 471. The van der Waals surface area contributed by atoms with Crippen LogP contribution in [-0.2, 0) is 10.4 Å². The number of aryl methyl sites for hydroxylation is 1. The number of hydrogen-bond donors (Lipinski definition) is 2. The molecule has 1 aromatic rings. The zero-order valence-electron chi connectivity index (χ0n) is 10.8. The summed E-state index contributed by atoms with van der Waals surface area (Å²) in [6.07, 6.45) is 4.79. The standard InChI is InChI=1S/C14H19NO3/c1-10-7-8-12(18-10)14(2,17)9-15-13(16)11-5-3-4-6-11/h5,7-8,17H,3-4,6,9H2,1-2H3,(H,15,16). The van der Waals surface area contributed by atoms with Crippen LogP contribution in [0.1, 0.15) is 37.7 Å². The summed E-state index contributed by atoms with van der Waals surface area (Å²) in [5.41, 5.74) is -0.357. The number of furan rings is 1. The van der Waals surface area contributed by atoms with Crippen LogP contribution in [0.3, 0.4) is 0 Å². The van der Waals surface area contributed by atoms with Gasteiger partial charge in [-0.2, -0.15) is 0 Å². The van der Waals surface area contributed by atoms with E-state index >= 15 is 0 Å². The van der Waals surface area contributed by atoms with Gasteiger partial charge in [-0.1, -0.05) is 6.08 Å². The Morgan fingerprint density at radius 2 is 2.33 bits per heavy atom. The maximum atomic E-state index is 11.8. The SMILES string of the molecule is Cc1ccc(C(C)(O)CNC(=O)C2=CCCC2)o1. The lowest BCUT2D eigenvalue weighted by Crippen LogP contribution is -2.38. The largest absolute Gasteiger partial charge is 0.463 e. The molecule has 0 radical (unpaired) electrons. The second-order valence-electron chi connectivity index (χ2n) is 4.99. The molecule has 1 heterocycles. The second-order valence-corrected chi connectivity index (χ2v) is 4.99. The first kappa shape index (κ1) is 12.9. The van der Waals surface area contributed by atoms with Gasteiger partial charge < -0.3 is 14.8 Å². The predicted octanol–water partition coefficient (Wildman–Crippen LogP) is 2.02. The van der Waals surface area contributed by atoms with Gasteiger partial charge in [-0.05, 0) is 45.2 Å². The zero-order chi connectivity index (χ0) is 13.2. The molecule has 0 saturated carbocycles. The molecule has 1 atom stereocenters. The molecule has 98 valence electrons. The molecule has 4 heteroatoms. The highest BCUT2D eigenvalue weighted by molar-refractivity contribution is 5.93. The van der Waals surface area contributed by atoms with Crippen LogP contribution < -0.4 is 5.32 Å². The topological polar surface area (TPSA) is 62.5 Å². The number of aliphatic hydroxyl groups is 1. The molecule has 0 fully saturated rings. The number of rotatable bonds is 4. The van der Waals surface area contributed by atoms with E-state index in [2.05, 4.69) is 5.32 Å². The van der Waals surface area contributed by atoms with E-state index in [4.69, 9.17) is 4.42 Å². The molecule has 1 aliphatic rings. The lowest BCUT2D eigenvalue weighted by Gasteiger charge is -2.21. The van der Waals surface area contributed by atoms with Crippen LogP contribution >= 0.6 is 0 Å². The van der Waals surface area contributed by atoms with E-state index in [9.17, 15) is 9.90 Å². The van der Waals surface area contributed by atoms with Gasteiger partial charge in [-0.15, -0.1) is 0 Å². The van der Waals surface area contributed by atoms with Crippen molar-refractivity contribution in [3.63, 3.8) is 0 Å². The summed E-state index contributed by atoms with van der Waals surface area (Å²) in [5, 5.41) is 13.0. The van der Waals surface area contributed by atoms with E-state index in [0.717, 1.165) is 30.6 Å². The fourth-order valence-corrected chi connectivity index (χ4v) is 2.05. The lowest BCUT2D eigenvalue weighted by molar-refractivity contribution is -0.118. The Kier molecular flexibility index (Phi) is 3.57. The summed E-state index contributed by atoms with van der Waals surface area (Å²) in [4.78, 5) is 11.8. The number of allylic oxidation sites excluding steroid dienone is 1. The van der Waals surface area contributed by atoms with E-state index in [1.165, 1.54) is 0 Å². The number of carbonyl (C=O) groups is 1. The molecular formula is C14H19NO3. The Labute approximate surface area is 107 Å². The molecule has 1 amide bonds. The Hall–Kier alpha value is -1.55. The summed E-state index contributed by atoms with van der Waals surface area (Å²) in [6.45, 7) is 3.60. The molecule has 0 saturated heterocycles. The predicted molar refractivity (Wildman–Crippen MR) is 68.0 cm³/mol. The maximum absolute atomic E-state index is 11.8. The molecule has 18 heavy (non-hydrogen) atoms. The molecule has 2 N–H and O–H groups in total. The molecule has 0 aromatic carbocycles. The van der Waals surface area contributed by atoms with Crippen LogP contribution in [0, 0.1) is 6.92 Å². The average molecular weight is 249 g/mol. The number of carbonyl (C=O) groups excluding carboxylic acids is 1. The fraction of sp³-hybridized carbons (Fsp3) is 0.500. The molecular weight excluding hydrogens is 230 g/mol. The molecule has 0 bridgehead atoms. The molecule has 1 aromatic heterocycles. The molecule has 1 unspecified atom stereocenters. The van der Waals surface area contributed by atoms with Crippen LogP contribution in [0.15, 0.2) is 28.2 Å². The van der Waals surface area contributed by atoms with E-state index in [0.29, 0.717) is 5.76 Å². The van der Waals surface area contributed by atoms with Crippen molar-refractivity contribution in [2.24, 2.45) is 0 Å². The summed E-state index contributed by atoms with van der Waals surface area (Å²) >= 11 is 0. The summed E-state index contributed by atoms with van der Waals surface area (Å²) < 4.78 is 5.39. The van der Waals surface area contributed by atoms with Gasteiger partial charge in [-0.25, -0.2) is 0 Å². The van der Waals surface area contributed by atoms with Crippen LogP contribution in [-0.4, -0.2) is 17.6 Å². The van der Waals surface area contributed by atoms with Gasteiger partial charge in [0.2, 0.25) is 5.91 Å². The Morgan fingerprint density at radius 1 is 1.56 bits per heavy atom. The molecule has 2 rings (SSSR count). The van der Waals surface area contributed by atoms with E-state index in [-0.39, 0.29) is 12.5 Å². The van der Waals surface area contributed by atoms with Crippen LogP contribution in [0.2, 0.25) is 0 Å². The highest BCUT2D eigenvalue weighted by Crippen LogP contribution is 2.23. The van der Waals surface area contributed by atoms with Crippen LogP contribution in [0.5, 0.6) is 0 Å². The van der Waals surface area contributed by atoms with E-state index < -0.39 is 5.60 Å². The minimum atomic E-state index is -1.18. The first-order valence-electron chi connectivity index (χ1n) is 6.25. The fourth-order valence-electron chi connectivity index (χ4n) is 2.05. The minimum Gasteiger partial charge on any atom is -0.463 e. The highest BCUT2D eigenvalue weighted by atomic mass is 16.4. The second kappa shape index (κ2) is 4.98. The normalized spacial score (nSPS) is 18.3. The first-order valence-corrected chi connectivity index (χ1v) is 6.25. The van der Waals surface area contributed by atoms with Crippen molar-refractivity contribution < 1.29 is 14.3 Å². The van der Waals surface area contributed by atoms with Gasteiger partial charge in [0.15, 0.2) is 0 Å². The third-order valence-electron chi connectivity index (χ3n) is 3.20. The van der Waals surface area contributed by atoms with Crippen LogP contribution in [0.4, 0.5) is 0 Å². The third kappa shape index (κ3) is 2.82. The summed E-state index contributed by atoms with van der Waals surface area (Å²) in [7, 11) is 0. The molecule has 0 aliphatic heterocycles. The third-order valence-corrected chi connectivity index (χ3v) is 3.20. The quantitative estimate of drug-likeness (QED) is 0.858. The average Bonchev–Trinajstić information content (AvgIpc) is 2.96. The van der Waals surface area contributed by atoms with Crippen LogP contribution in [0.25, 0.3) is 0 Å². The monoisotopic (exact) mass is 249 g/mol. The highest BCUT2D eigenvalue weighted by Gasteiger charge is 2.28. The minimum absolute atomic E-state index is 0.0870. The smallest absolute Gasteiger partial charge is 0.246 e. The van der Waals surface area contributed by atoms with Crippen molar-refractivity contribution in [1.82, 2.24) is 5.32 Å². The van der Waals surface area contributed by atoms with Gasteiger partial charge >= 0.3 is 0 Å².